The summed E-state index contributed by atoms with van der Waals surface area (Å²) in [5.41, 5.74) is 2.73. The number of hydrogen-bond acceptors (Lipinski definition) is 2. The second-order valence-corrected chi connectivity index (χ2v) is 11.6. The van der Waals surface area contributed by atoms with Crippen LogP contribution in [0.1, 0.15) is 94.4 Å². The SMILES string of the molecule is CC(OC(O)C(C)(CC(C)(C)C)C(C)(C)C)C1=CC=C2CCCCC2C1C. The van der Waals surface area contributed by atoms with Gasteiger partial charge in [0, 0.05) is 5.41 Å². The molecule has 1 fully saturated rings. The first-order chi connectivity index (χ1) is 12.3. The van der Waals surface area contributed by atoms with Crippen molar-refractivity contribution in [3.8, 4) is 0 Å². The van der Waals surface area contributed by atoms with Crippen LogP contribution in [0.3, 0.4) is 0 Å². The summed E-state index contributed by atoms with van der Waals surface area (Å²) in [5, 5.41) is 11.2. The van der Waals surface area contributed by atoms with Gasteiger partial charge in [-0.25, -0.2) is 0 Å². The summed E-state index contributed by atoms with van der Waals surface area (Å²) in [7, 11) is 0. The summed E-state index contributed by atoms with van der Waals surface area (Å²) in [6.45, 7) is 20.0. The van der Waals surface area contributed by atoms with Crippen molar-refractivity contribution in [3.05, 3.63) is 23.3 Å². The van der Waals surface area contributed by atoms with Gasteiger partial charge in [-0.1, -0.05) is 79.5 Å². The maximum absolute atomic E-state index is 11.2. The lowest BCUT2D eigenvalue weighted by molar-refractivity contribution is -0.225. The fourth-order valence-electron chi connectivity index (χ4n) is 5.18. The van der Waals surface area contributed by atoms with Crippen LogP contribution in [-0.2, 0) is 4.74 Å². The van der Waals surface area contributed by atoms with Crippen molar-refractivity contribution in [2.45, 2.75) is 107 Å². The predicted octanol–water partition coefficient (Wildman–Crippen LogP) is 6.89. The van der Waals surface area contributed by atoms with E-state index in [4.69, 9.17) is 4.74 Å². The summed E-state index contributed by atoms with van der Waals surface area (Å²) in [5.74, 6) is 1.18. The van der Waals surface area contributed by atoms with Gasteiger partial charge in [0.2, 0.25) is 0 Å². The van der Waals surface area contributed by atoms with Crippen LogP contribution in [0.5, 0.6) is 0 Å². The number of hydrogen-bond donors (Lipinski definition) is 1. The third-order valence-electron chi connectivity index (χ3n) is 7.28. The molecule has 0 spiro atoms. The number of rotatable bonds is 5. The molecule has 0 bridgehead atoms. The Kier molecular flexibility index (Phi) is 6.75. The van der Waals surface area contributed by atoms with Gasteiger partial charge in [0.1, 0.15) is 0 Å². The highest BCUT2D eigenvalue weighted by molar-refractivity contribution is 5.31. The fraction of sp³-hybridized carbons (Fsp3) is 0.840. The van der Waals surface area contributed by atoms with E-state index in [1.807, 2.05) is 0 Å². The van der Waals surface area contributed by atoms with Gasteiger partial charge in [-0.15, -0.1) is 0 Å². The molecule has 5 atom stereocenters. The van der Waals surface area contributed by atoms with Crippen LogP contribution in [0.25, 0.3) is 0 Å². The number of aliphatic hydroxyl groups excluding tert-OH is 1. The molecule has 0 radical (unpaired) electrons. The van der Waals surface area contributed by atoms with Crippen molar-refractivity contribution in [3.63, 3.8) is 0 Å². The van der Waals surface area contributed by atoms with E-state index in [1.54, 1.807) is 5.57 Å². The molecule has 0 aliphatic heterocycles. The topological polar surface area (TPSA) is 29.5 Å². The van der Waals surface area contributed by atoms with Crippen molar-refractivity contribution < 1.29 is 9.84 Å². The predicted molar refractivity (Wildman–Crippen MR) is 115 cm³/mol. The minimum absolute atomic E-state index is 0.0532. The van der Waals surface area contributed by atoms with Crippen molar-refractivity contribution in [2.24, 2.45) is 28.1 Å². The average molecular weight is 377 g/mol. The van der Waals surface area contributed by atoms with Crippen molar-refractivity contribution in [2.75, 3.05) is 0 Å². The molecular formula is C25H44O2. The van der Waals surface area contributed by atoms with E-state index < -0.39 is 6.29 Å². The minimum atomic E-state index is -0.781. The fourth-order valence-corrected chi connectivity index (χ4v) is 5.18. The van der Waals surface area contributed by atoms with Gasteiger partial charge in [-0.2, -0.15) is 0 Å². The van der Waals surface area contributed by atoms with Crippen molar-refractivity contribution in [1.82, 2.24) is 0 Å². The highest BCUT2D eigenvalue weighted by Gasteiger charge is 2.47. The Balaban J connectivity index is 2.18. The molecule has 0 saturated heterocycles. The molecule has 2 aliphatic rings. The molecule has 156 valence electrons. The first-order valence-electron chi connectivity index (χ1n) is 11.0. The molecule has 1 N–H and O–H groups in total. The lowest BCUT2D eigenvalue weighted by Crippen LogP contribution is -2.48. The lowest BCUT2D eigenvalue weighted by Gasteiger charge is -2.49. The van der Waals surface area contributed by atoms with Crippen molar-refractivity contribution >= 4 is 0 Å². The summed E-state index contributed by atoms with van der Waals surface area (Å²) in [4.78, 5) is 0. The number of allylic oxidation sites excluding steroid dienone is 3. The normalized spacial score (nSPS) is 28.5. The minimum Gasteiger partial charge on any atom is -0.367 e. The summed E-state index contributed by atoms with van der Waals surface area (Å²) < 4.78 is 6.34. The molecule has 5 unspecified atom stereocenters. The third kappa shape index (κ3) is 5.07. The maximum atomic E-state index is 11.2. The Morgan fingerprint density at radius 3 is 2.26 bits per heavy atom. The maximum Gasteiger partial charge on any atom is 0.161 e. The van der Waals surface area contributed by atoms with E-state index in [2.05, 4.69) is 74.5 Å². The Bertz CT molecular complexity index is 572. The molecule has 2 rings (SSSR count). The molecule has 27 heavy (non-hydrogen) atoms. The van der Waals surface area contributed by atoms with Crippen LogP contribution in [0.2, 0.25) is 0 Å². The highest BCUT2D eigenvalue weighted by atomic mass is 16.6. The first kappa shape index (κ1) is 22.7. The van der Waals surface area contributed by atoms with Gasteiger partial charge >= 0.3 is 0 Å². The summed E-state index contributed by atoms with van der Waals surface area (Å²) >= 11 is 0. The molecule has 2 aliphatic carbocycles. The number of ether oxygens (including phenoxy) is 1. The number of aliphatic hydroxyl groups is 1. The quantitative estimate of drug-likeness (QED) is 0.529. The van der Waals surface area contributed by atoms with Gasteiger partial charge in [0.05, 0.1) is 6.10 Å². The van der Waals surface area contributed by atoms with Crippen LogP contribution < -0.4 is 0 Å². The molecule has 0 aromatic heterocycles. The highest BCUT2D eigenvalue weighted by Crippen LogP contribution is 2.50. The van der Waals surface area contributed by atoms with E-state index >= 15 is 0 Å². The van der Waals surface area contributed by atoms with Crippen LogP contribution in [0, 0.1) is 28.1 Å². The first-order valence-corrected chi connectivity index (χ1v) is 11.0. The molecule has 0 aromatic rings. The van der Waals surface area contributed by atoms with Gasteiger partial charge in [-0.05, 0) is 60.8 Å². The van der Waals surface area contributed by atoms with Gasteiger partial charge in [0.25, 0.3) is 0 Å². The summed E-state index contributed by atoms with van der Waals surface area (Å²) in [6, 6.07) is 0. The second kappa shape index (κ2) is 8.03. The number of fused-ring (bicyclic) bond motifs is 1. The third-order valence-corrected chi connectivity index (χ3v) is 7.28. The standard InChI is InChI=1S/C25H44O2/c1-17-20(15-14-19-12-10-11-13-21(17)19)18(2)27-22(26)25(9,24(6,7)8)16-23(3,4)5/h14-15,17-18,21-22,26H,10-13,16H2,1-9H3. The summed E-state index contributed by atoms with van der Waals surface area (Å²) in [6.07, 6.45) is 9.91. The average Bonchev–Trinajstić information content (AvgIpc) is 2.52. The Labute approximate surface area is 168 Å². The largest absolute Gasteiger partial charge is 0.367 e. The molecular weight excluding hydrogens is 332 g/mol. The van der Waals surface area contributed by atoms with E-state index in [9.17, 15) is 5.11 Å². The van der Waals surface area contributed by atoms with Gasteiger partial charge in [-0.3, -0.25) is 0 Å². The lowest BCUT2D eigenvalue weighted by atomic mass is 9.61. The monoisotopic (exact) mass is 376 g/mol. The zero-order chi connectivity index (χ0) is 20.6. The molecule has 0 heterocycles. The molecule has 0 amide bonds. The van der Waals surface area contributed by atoms with Gasteiger partial charge < -0.3 is 9.84 Å². The van der Waals surface area contributed by atoms with Gasteiger partial charge in [0.15, 0.2) is 6.29 Å². The molecule has 2 nitrogen and oxygen atoms in total. The molecule has 2 heteroatoms. The molecule has 1 saturated carbocycles. The van der Waals surface area contributed by atoms with E-state index in [1.165, 1.54) is 31.3 Å². The van der Waals surface area contributed by atoms with E-state index in [-0.39, 0.29) is 22.3 Å². The smallest absolute Gasteiger partial charge is 0.161 e. The van der Waals surface area contributed by atoms with Crippen molar-refractivity contribution in [1.29, 1.82) is 0 Å². The Morgan fingerprint density at radius 2 is 1.70 bits per heavy atom. The van der Waals surface area contributed by atoms with Crippen LogP contribution in [-0.4, -0.2) is 17.5 Å². The Hall–Kier alpha value is -0.600. The van der Waals surface area contributed by atoms with Crippen LogP contribution in [0.4, 0.5) is 0 Å². The van der Waals surface area contributed by atoms with E-state index in [0.29, 0.717) is 11.8 Å². The van der Waals surface area contributed by atoms with E-state index in [0.717, 1.165) is 6.42 Å². The van der Waals surface area contributed by atoms with Crippen LogP contribution in [0.15, 0.2) is 23.3 Å². The zero-order valence-corrected chi connectivity index (χ0v) is 19.4. The zero-order valence-electron chi connectivity index (χ0n) is 19.4. The molecule has 0 aromatic carbocycles. The Morgan fingerprint density at radius 1 is 1.07 bits per heavy atom. The second-order valence-electron chi connectivity index (χ2n) is 11.6. The van der Waals surface area contributed by atoms with Crippen LogP contribution >= 0.6 is 0 Å².